The van der Waals surface area contributed by atoms with Gasteiger partial charge in [-0.25, -0.2) is 9.97 Å². The standard InChI is InChI=1S/C21H22F3N5OS/c1-2-29(20-26-16-5-3-4-6-17(16)31-20)19(30)14-27-9-11-28(12-10-27)18-8-7-15(13-25-18)21(22,23)24/h3-8,13H,2,9-12,14H2,1H3. The van der Waals surface area contributed by atoms with Crippen molar-refractivity contribution in [1.29, 1.82) is 0 Å². The van der Waals surface area contributed by atoms with Gasteiger partial charge in [0.2, 0.25) is 5.91 Å². The van der Waals surface area contributed by atoms with Crippen LogP contribution in [0.3, 0.4) is 0 Å². The third-order valence-corrected chi connectivity index (χ3v) is 6.32. The number of benzene rings is 1. The molecule has 1 fully saturated rings. The molecule has 1 amide bonds. The topological polar surface area (TPSA) is 52.6 Å². The minimum Gasteiger partial charge on any atom is -0.354 e. The average molecular weight is 450 g/mol. The smallest absolute Gasteiger partial charge is 0.354 e. The van der Waals surface area contributed by atoms with Gasteiger partial charge in [-0.3, -0.25) is 14.6 Å². The number of carbonyl (C=O) groups is 1. The maximum absolute atomic E-state index is 12.9. The van der Waals surface area contributed by atoms with Crippen molar-refractivity contribution in [3.05, 3.63) is 48.2 Å². The number of aromatic nitrogens is 2. The van der Waals surface area contributed by atoms with Crippen LogP contribution in [0, 0.1) is 0 Å². The molecule has 6 nitrogen and oxygen atoms in total. The summed E-state index contributed by atoms with van der Waals surface area (Å²) in [5.74, 6) is 0.506. The Balaban J connectivity index is 1.35. The van der Waals surface area contributed by atoms with E-state index in [9.17, 15) is 18.0 Å². The number of piperazine rings is 1. The third-order valence-electron chi connectivity index (χ3n) is 5.26. The van der Waals surface area contributed by atoms with Gasteiger partial charge in [0, 0.05) is 38.9 Å². The lowest BCUT2D eigenvalue weighted by Crippen LogP contribution is -2.50. The number of nitrogens with zero attached hydrogens (tertiary/aromatic N) is 5. The first kappa shape index (κ1) is 21.5. The van der Waals surface area contributed by atoms with Crippen molar-refractivity contribution in [2.24, 2.45) is 0 Å². The molecule has 3 aromatic rings. The number of alkyl halides is 3. The van der Waals surface area contributed by atoms with Crippen LogP contribution in [0.15, 0.2) is 42.6 Å². The van der Waals surface area contributed by atoms with E-state index in [1.54, 1.807) is 4.90 Å². The Morgan fingerprint density at radius 2 is 1.87 bits per heavy atom. The Labute approximate surface area is 181 Å². The Hall–Kier alpha value is -2.72. The minimum atomic E-state index is -4.39. The number of para-hydroxylation sites is 1. The lowest BCUT2D eigenvalue weighted by molar-refractivity contribution is -0.137. The van der Waals surface area contributed by atoms with Gasteiger partial charge in [-0.1, -0.05) is 23.5 Å². The molecule has 0 saturated carbocycles. The van der Waals surface area contributed by atoms with Crippen molar-refractivity contribution in [1.82, 2.24) is 14.9 Å². The summed E-state index contributed by atoms with van der Waals surface area (Å²) < 4.78 is 39.2. The van der Waals surface area contributed by atoms with Crippen LogP contribution >= 0.6 is 11.3 Å². The van der Waals surface area contributed by atoms with E-state index < -0.39 is 11.7 Å². The van der Waals surface area contributed by atoms with Crippen LogP contribution in [0.5, 0.6) is 0 Å². The molecule has 0 N–H and O–H groups in total. The number of hydrogen-bond acceptors (Lipinski definition) is 6. The Bertz CT molecular complexity index is 1010. The molecule has 0 aliphatic carbocycles. The van der Waals surface area contributed by atoms with E-state index in [0.29, 0.717) is 43.7 Å². The number of thiazole rings is 1. The fourth-order valence-corrected chi connectivity index (χ4v) is 4.59. The molecule has 1 aliphatic rings. The summed E-state index contributed by atoms with van der Waals surface area (Å²) in [6, 6.07) is 10.2. The second-order valence-corrected chi connectivity index (χ2v) is 8.28. The van der Waals surface area contributed by atoms with Gasteiger partial charge in [0.05, 0.1) is 22.3 Å². The van der Waals surface area contributed by atoms with Crippen LogP contribution in [-0.4, -0.2) is 60.0 Å². The molecule has 0 spiro atoms. The Morgan fingerprint density at radius 1 is 1.13 bits per heavy atom. The van der Waals surface area contributed by atoms with E-state index in [1.807, 2.05) is 36.1 Å². The summed E-state index contributed by atoms with van der Waals surface area (Å²) in [7, 11) is 0. The van der Waals surface area contributed by atoms with E-state index in [-0.39, 0.29) is 12.5 Å². The van der Waals surface area contributed by atoms with Gasteiger partial charge in [0.25, 0.3) is 0 Å². The molecule has 0 unspecified atom stereocenters. The van der Waals surface area contributed by atoms with Gasteiger partial charge >= 0.3 is 6.18 Å². The summed E-state index contributed by atoms with van der Waals surface area (Å²) in [6.45, 7) is 5.19. The van der Waals surface area contributed by atoms with Crippen molar-refractivity contribution in [3.63, 3.8) is 0 Å². The predicted molar refractivity (Wildman–Crippen MR) is 116 cm³/mol. The second-order valence-electron chi connectivity index (χ2n) is 7.27. The van der Waals surface area contributed by atoms with Crippen LogP contribution in [0.2, 0.25) is 0 Å². The van der Waals surface area contributed by atoms with Crippen molar-refractivity contribution in [2.75, 3.05) is 49.1 Å². The maximum atomic E-state index is 12.9. The van der Waals surface area contributed by atoms with Gasteiger partial charge in [0.15, 0.2) is 5.13 Å². The van der Waals surface area contributed by atoms with Gasteiger partial charge in [-0.15, -0.1) is 0 Å². The van der Waals surface area contributed by atoms with Gasteiger partial charge in [0.1, 0.15) is 5.82 Å². The molecule has 164 valence electrons. The first-order chi connectivity index (χ1) is 14.8. The van der Waals surface area contributed by atoms with Crippen molar-refractivity contribution < 1.29 is 18.0 Å². The van der Waals surface area contributed by atoms with E-state index in [4.69, 9.17) is 0 Å². The predicted octanol–water partition coefficient (Wildman–Crippen LogP) is 3.89. The van der Waals surface area contributed by atoms with E-state index >= 15 is 0 Å². The highest BCUT2D eigenvalue weighted by Crippen LogP contribution is 2.30. The molecule has 31 heavy (non-hydrogen) atoms. The summed E-state index contributed by atoms with van der Waals surface area (Å²) in [4.78, 5) is 27.2. The minimum absolute atomic E-state index is 0.0114. The first-order valence-corrected chi connectivity index (χ1v) is 10.8. The fraction of sp³-hybridized carbons (Fsp3) is 0.381. The van der Waals surface area contributed by atoms with Crippen molar-refractivity contribution in [3.8, 4) is 0 Å². The number of fused-ring (bicyclic) bond motifs is 1. The number of pyridine rings is 1. The summed E-state index contributed by atoms with van der Waals surface area (Å²) in [5, 5.41) is 0.696. The number of carbonyl (C=O) groups excluding carboxylic acids is 1. The van der Waals surface area contributed by atoms with Crippen LogP contribution < -0.4 is 9.80 Å². The number of anilines is 2. The highest BCUT2D eigenvalue weighted by molar-refractivity contribution is 7.22. The molecule has 1 aliphatic heterocycles. The second kappa shape index (κ2) is 8.80. The number of rotatable bonds is 5. The molecular formula is C21H22F3N5OS. The lowest BCUT2D eigenvalue weighted by atomic mass is 10.2. The van der Waals surface area contributed by atoms with Gasteiger partial charge < -0.3 is 4.90 Å². The summed E-state index contributed by atoms with van der Waals surface area (Å²) in [5.41, 5.74) is 0.126. The first-order valence-electron chi connectivity index (χ1n) is 10.0. The molecule has 0 radical (unpaired) electrons. The van der Waals surface area contributed by atoms with Crippen LogP contribution in [0.4, 0.5) is 24.1 Å². The largest absolute Gasteiger partial charge is 0.417 e. The summed E-state index contributed by atoms with van der Waals surface area (Å²) in [6.07, 6.45) is -3.53. The zero-order valence-corrected chi connectivity index (χ0v) is 17.8. The molecule has 10 heteroatoms. The number of amides is 1. The number of likely N-dealkylation sites (N-methyl/N-ethyl adjacent to an activating group) is 1. The normalized spacial score (nSPS) is 15.4. The number of halogens is 3. The van der Waals surface area contributed by atoms with Crippen LogP contribution in [0.1, 0.15) is 12.5 Å². The quantitative estimate of drug-likeness (QED) is 0.592. The van der Waals surface area contributed by atoms with E-state index in [2.05, 4.69) is 14.9 Å². The van der Waals surface area contributed by atoms with Crippen molar-refractivity contribution >= 4 is 38.4 Å². The number of hydrogen-bond donors (Lipinski definition) is 0. The molecule has 1 saturated heterocycles. The Kier molecular flexibility index (Phi) is 6.10. The highest BCUT2D eigenvalue weighted by Gasteiger charge is 2.31. The van der Waals surface area contributed by atoms with Gasteiger partial charge in [-0.05, 0) is 31.2 Å². The highest BCUT2D eigenvalue weighted by atomic mass is 32.1. The SMILES string of the molecule is CCN(C(=O)CN1CCN(c2ccc(C(F)(F)F)cn2)CC1)c1nc2ccccc2s1. The zero-order chi connectivity index (χ0) is 22.0. The molecule has 4 rings (SSSR count). The molecule has 0 bridgehead atoms. The monoisotopic (exact) mass is 449 g/mol. The average Bonchev–Trinajstić information content (AvgIpc) is 3.18. The molecule has 2 aromatic heterocycles. The van der Waals surface area contributed by atoms with E-state index in [0.717, 1.165) is 22.5 Å². The van der Waals surface area contributed by atoms with E-state index in [1.165, 1.54) is 17.4 Å². The Morgan fingerprint density at radius 3 is 2.48 bits per heavy atom. The maximum Gasteiger partial charge on any atom is 0.417 e. The van der Waals surface area contributed by atoms with Gasteiger partial charge in [-0.2, -0.15) is 13.2 Å². The lowest BCUT2D eigenvalue weighted by Gasteiger charge is -2.35. The third kappa shape index (κ3) is 4.80. The van der Waals surface area contributed by atoms with Crippen LogP contribution in [-0.2, 0) is 11.0 Å². The zero-order valence-electron chi connectivity index (χ0n) is 17.0. The molecule has 0 atom stereocenters. The molecule has 1 aromatic carbocycles. The summed E-state index contributed by atoms with van der Waals surface area (Å²) >= 11 is 1.50. The molecular weight excluding hydrogens is 427 g/mol. The van der Waals surface area contributed by atoms with Crippen molar-refractivity contribution in [2.45, 2.75) is 13.1 Å². The van der Waals surface area contributed by atoms with Crippen LogP contribution in [0.25, 0.3) is 10.2 Å². The molecule has 3 heterocycles. The fourth-order valence-electron chi connectivity index (χ4n) is 3.55.